The molecule has 0 unspecified atom stereocenters. The Kier molecular flexibility index (Phi) is 5.85. The third-order valence-corrected chi connectivity index (χ3v) is 5.76. The summed E-state index contributed by atoms with van der Waals surface area (Å²) < 4.78 is 6.86. The molecule has 8 heteroatoms. The van der Waals surface area contributed by atoms with Crippen molar-refractivity contribution >= 4 is 11.7 Å². The Morgan fingerprint density at radius 2 is 1.74 bits per heavy atom. The van der Waals surface area contributed by atoms with Gasteiger partial charge in [0, 0.05) is 17.3 Å². The predicted molar refractivity (Wildman–Crippen MR) is 133 cm³/mol. The fourth-order valence-electron chi connectivity index (χ4n) is 3.72. The SMILES string of the molecule is Cc1nc(-n2nc(-c3ccco3)cc2NC(=O)Cc2ccc(-c3ccccc3)cc2)[nH]c(=O)c1C. The van der Waals surface area contributed by atoms with Gasteiger partial charge in [0.05, 0.1) is 12.7 Å². The van der Waals surface area contributed by atoms with Crippen LogP contribution in [0.2, 0.25) is 0 Å². The summed E-state index contributed by atoms with van der Waals surface area (Å²) in [6.07, 6.45) is 1.72. The van der Waals surface area contributed by atoms with E-state index in [4.69, 9.17) is 4.42 Å². The Balaban J connectivity index is 1.41. The Morgan fingerprint density at radius 3 is 2.43 bits per heavy atom. The number of hydrogen-bond acceptors (Lipinski definition) is 5. The number of aromatic amines is 1. The average Bonchev–Trinajstić information content (AvgIpc) is 3.54. The third kappa shape index (κ3) is 4.67. The zero-order chi connectivity index (χ0) is 24.4. The summed E-state index contributed by atoms with van der Waals surface area (Å²) in [5.41, 5.74) is 4.41. The number of rotatable bonds is 6. The van der Waals surface area contributed by atoms with Gasteiger partial charge >= 0.3 is 0 Å². The number of carbonyl (C=O) groups excluding carboxylic acids is 1. The van der Waals surface area contributed by atoms with Gasteiger partial charge in [-0.1, -0.05) is 54.6 Å². The second kappa shape index (κ2) is 9.26. The molecule has 35 heavy (non-hydrogen) atoms. The van der Waals surface area contributed by atoms with E-state index in [2.05, 4.69) is 20.4 Å². The number of amides is 1. The van der Waals surface area contributed by atoms with Gasteiger partial charge in [-0.2, -0.15) is 9.78 Å². The average molecular weight is 466 g/mol. The molecule has 3 aromatic heterocycles. The first-order chi connectivity index (χ1) is 17.0. The first-order valence-corrected chi connectivity index (χ1v) is 11.1. The number of anilines is 1. The lowest BCUT2D eigenvalue weighted by molar-refractivity contribution is -0.115. The van der Waals surface area contributed by atoms with E-state index in [0.29, 0.717) is 28.5 Å². The molecule has 3 heterocycles. The van der Waals surface area contributed by atoms with E-state index in [1.165, 1.54) is 4.68 Å². The van der Waals surface area contributed by atoms with E-state index in [1.54, 1.807) is 38.3 Å². The summed E-state index contributed by atoms with van der Waals surface area (Å²) in [4.78, 5) is 32.4. The van der Waals surface area contributed by atoms with E-state index in [0.717, 1.165) is 16.7 Å². The molecular formula is C27H23N5O3. The fourth-order valence-corrected chi connectivity index (χ4v) is 3.72. The van der Waals surface area contributed by atoms with Crippen molar-refractivity contribution < 1.29 is 9.21 Å². The van der Waals surface area contributed by atoms with Crippen molar-refractivity contribution in [2.24, 2.45) is 0 Å². The van der Waals surface area contributed by atoms with E-state index >= 15 is 0 Å². The number of nitrogens with zero attached hydrogens (tertiary/aromatic N) is 3. The van der Waals surface area contributed by atoms with Gasteiger partial charge in [-0.15, -0.1) is 0 Å². The van der Waals surface area contributed by atoms with E-state index < -0.39 is 0 Å². The largest absolute Gasteiger partial charge is 0.463 e. The van der Waals surface area contributed by atoms with Crippen LogP contribution in [0, 0.1) is 13.8 Å². The summed E-state index contributed by atoms with van der Waals surface area (Å²) in [6, 6.07) is 23.1. The second-order valence-electron chi connectivity index (χ2n) is 8.19. The molecule has 0 aliphatic carbocycles. The van der Waals surface area contributed by atoms with Crippen LogP contribution in [0.15, 0.2) is 88.3 Å². The molecule has 0 saturated heterocycles. The Bertz CT molecular complexity index is 1530. The minimum Gasteiger partial charge on any atom is -0.463 e. The van der Waals surface area contributed by atoms with Crippen LogP contribution in [0.25, 0.3) is 28.5 Å². The number of furan rings is 1. The normalized spacial score (nSPS) is 10.9. The van der Waals surface area contributed by atoms with Gasteiger partial charge in [-0.25, -0.2) is 4.98 Å². The van der Waals surface area contributed by atoms with Crippen molar-refractivity contribution in [1.82, 2.24) is 19.7 Å². The lowest BCUT2D eigenvalue weighted by Gasteiger charge is -2.10. The van der Waals surface area contributed by atoms with Crippen molar-refractivity contribution in [2.75, 3.05) is 5.32 Å². The highest BCUT2D eigenvalue weighted by atomic mass is 16.3. The lowest BCUT2D eigenvalue weighted by atomic mass is 10.0. The second-order valence-corrected chi connectivity index (χ2v) is 8.19. The van der Waals surface area contributed by atoms with Gasteiger partial charge in [0.1, 0.15) is 11.5 Å². The summed E-state index contributed by atoms with van der Waals surface area (Å²) in [6.45, 7) is 3.45. The smallest absolute Gasteiger partial charge is 0.255 e. The highest BCUT2D eigenvalue weighted by Gasteiger charge is 2.18. The Labute approximate surface area is 201 Å². The molecule has 0 atom stereocenters. The molecule has 0 saturated carbocycles. The highest BCUT2D eigenvalue weighted by Crippen LogP contribution is 2.25. The molecule has 0 fully saturated rings. The number of nitrogens with one attached hydrogen (secondary N) is 2. The minimum absolute atomic E-state index is 0.174. The van der Waals surface area contributed by atoms with E-state index in [-0.39, 0.29) is 23.8 Å². The van der Waals surface area contributed by atoms with Gasteiger partial charge in [-0.05, 0) is 42.7 Å². The van der Waals surface area contributed by atoms with Crippen LogP contribution < -0.4 is 10.9 Å². The van der Waals surface area contributed by atoms with Gasteiger partial charge in [0.15, 0.2) is 5.76 Å². The topological polar surface area (TPSA) is 106 Å². The molecule has 0 aliphatic rings. The maximum absolute atomic E-state index is 12.9. The lowest BCUT2D eigenvalue weighted by Crippen LogP contribution is -2.21. The van der Waals surface area contributed by atoms with Crippen LogP contribution in [0.1, 0.15) is 16.8 Å². The minimum atomic E-state index is -0.265. The predicted octanol–water partition coefficient (Wildman–Crippen LogP) is 4.68. The van der Waals surface area contributed by atoms with Crippen molar-refractivity contribution in [1.29, 1.82) is 0 Å². The summed E-state index contributed by atoms with van der Waals surface area (Å²) in [7, 11) is 0. The van der Waals surface area contributed by atoms with Gasteiger partial charge in [-0.3, -0.25) is 14.6 Å². The first kappa shape index (κ1) is 22.1. The third-order valence-electron chi connectivity index (χ3n) is 5.76. The van der Waals surface area contributed by atoms with Crippen LogP contribution in [0.4, 0.5) is 5.82 Å². The van der Waals surface area contributed by atoms with E-state index in [1.807, 2.05) is 54.6 Å². The number of aryl methyl sites for hydroxylation is 1. The fraction of sp³-hybridized carbons (Fsp3) is 0.111. The van der Waals surface area contributed by atoms with Crippen LogP contribution in [-0.2, 0) is 11.2 Å². The van der Waals surface area contributed by atoms with E-state index in [9.17, 15) is 9.59 Å². The molecule has 1 amide bonds. The number of benzene rings is 2. The van der Waals surface area contributed by atoms with Gasteiger partial charge in [0.25, 0.3) is 5.56 Å². The monoisotopic (exact) mass is 465 g/mol. The molecule has 0 radical (unpaired) electrons. The molecule has 174 valence electrons. The molecule has 2 N–H and O–H groups in total. The molecule has 0 bridgehead atoms. The maximum Gasteiger partial charge on any atom is 0.255 e. The van der Waals surface area contributed by atoms with Crippen LogP contribution in [0.5, 0.6) is 0 Å². The Morgan fingerprint density at radius 1 is 1.00 bits per heavy atom. The molecule has 5 rings (SSSR count). The molecule has 2 aromatic carbocycles. The zero-order valence-corrected chi connectivity index (χ0v) is 19.3. The van der Waals surface area contributed by atoms with Crippen LogP contribution >= 0.6 is 0 Å². The van der Waals surface area contributed by atoms with Crippen LogP contribution in [-0.4, -0.2) is 25.7 Å². The van der Waals surface area contributed by atoms with Gasteiger partial charge < -0.3 is 9.73 Å². The first-order valence-electron chi connectivity index (χ1n) is 11.1. The number of aromatic nitrogens is 4. The number of hydrogen-bond donors (Lipinski definition) is 2. The molecule has 5 aromatic rings. The molecule has 8 nitrogen and oxygen atoms in total. The molecular weight excluding hydrogens is 442 g/mol. The summed E-state index contributed by atoms with van der Waals surface area (Å²) in [5.74, 6) is 0.879. The number of H-pyrrole nitrogens is 1. The summed E-state index contributed by atoms with van der Waals surface area (Å²) in [5, 5.41) is 7.41. The number of carbonyl (C=O) groups is 1. The van der Waals surface area contributed by atoms with Crippen LogP contribution in [0.3, 0.4) is 0 Å². The quantitative estimate of drug-likeness (QED) is 0.379. The van der Waals surface area contributed by atoms with Crippen molar-refractivity contribution in [2.45, 2.75) is 20.3 Å². The van der Waals surface area contributed by atoms with Crippen molar-refractivity contribution in [3.63, 3.8) is 0 Å². The Hall–Kier alpha value is -4.72. The maximum atomic E-state index is 12.9. The molecule has 0 spiro atoms. The standard InChI is InChI=1S/C27H23N5O3/c1-17-18(2)28-27(30-26(17)34)32-24(16-22(31-32)23-9-6-14-35-23)29-25(33)15-19-10-12-21(13-11-19)20-7-4-3-5-8-20/h3-14,16H,15H2,1-2H3,(H,29,33)(H,28,30,34). The zero-order valence-electron chi connectivity index (χ0n) is 19.3. The molecule has 0 aliphatic heterocycles. The van der Waals surface area contributed by atoms with Crippen molar-refractivity contribution in [3.05, 3.63) is 106 Å². The van der Waals surface area contributed by atoms with Crippen molar-refractivity contribution in [3.8, 4) is 28.5 Å². The summed E-state index contributed by atoms with van der Waals surface area (Å²) >= 11 is 0. The highest BCUT2D eigenvalue weighted by molar-refractivity contribution is 5.92. The van der Waals surface area contributed by atoms with Gasteiger partial charge in [0.2, 0.25) is 11.9 Å².